The summed E-state index contributed by atoms with van der Waals surface area (Å²) >= 11 is 0. The van der Waals surface area contributed by atoms with Crippen molar-refractivity contribution in [1.29, 1.82) is 0 Å². The Kier molecular flexibility index (Phi) is 6.06. The maximum absolute atomic E-state index is 11.9. The lowest BCUT2D eigenvalue weighted by molar-refractivity contribution is -0.116. The van der Waals surface area contributed by atoms with Gasteiger partial charge in [-0.15, -0.1) is 17.5 Å². The number of hydrogen-bond acceptors (Lipinski definition) is 5. The number of rotatable bonds is 7. The molecular weight excluding hydrogens is 316 g/mol. The first kappa shape index (κ1) is 17.4. The largest absolute Gasteiger partial charge is 0.326 e. The molecular formula is C15H21ClN6O. The minimum absolute atomic E-state index is 0. The molecule has 0 bridgehead atoms. The Bertz CT molecular complexity index is 655. The van der Waals surface area contributed by atoms with Crippen molar-refractivity contribution in [2.75, 3.05) is 18.9 Å². The van der Waals surface area contributed by atoms with E-state index in [1.165, 1.54) is 0 Å². The highest BCUT2D eigenvalue weighted by molar-refractivity contribution is 5.91. The van der Waals surface area contributed by atoms with Crippen molar-refractivity contribution >= 4 is 24.0 Å². The minimum Gasteiger partial charge on any atom is -0.326 e. The van der Waals surface area contributed by atoms with Gasteiger partial charge in [-0.3, -0.25) is 4.79 Å². The third kappa shape index (κ3) is 4.49. The van der Waals surface area contributed by atoms with Gasteiger partial charge in [-0.25, -0.2) is 4.68 Å². The first-order valence-corrected chi connectivity index (χ1v) is 7.60. The van der Waals surface area contributed by atoms with E-state index in [-0.39, 0.29) is 18.3 Å². The van der Waals surface area contributed by atoms with Crippen molar-refractivity contribution in [3.05, 3.63) is 24.3 Å². The molecule has 0 spiro atoms. The van der Waals surface area contributed by atoms with Gasteiger partial charge in [0.15, 0.2) is 5.82 Å². The van der Waals surface area contributed by atoms with Gasteiger partial charge in [0.05, 0.1) is 6.04 Å². The van der Waals surface area contributed by atoms with Crippen LogP contribution in [0.15, 0.2) is 24.3 Å². The van der Waals surface area contributed by atoms with Crippen LogP contribution in [0, 0.1) is 0 Å². The molecule has 1 aromatic carbocycles. The highest BCUT2D eigenvalue weighted by Crippen LogP contribution is 2.36. The Morgan fingerprint density at radius 2 is 2.22 bits per heavy atom. The van der Waals surface area contributed by atoms with E-state index in [2.05, 4.69) is 26.2 Å². The highest BCUT2D eigenvalue weighted by atomic mass is 35.5. The SMILES string of the molecule is CNCCCC(=O)Nc1cccc(-c2nnnn2C2CC2)c1.Cl. The molecule has 124 valence electrons. The van der Waals surface area contributed by atoms with Gasteiger partial charge in [0.1, 0.15) is 0 Å². The molecule has 2 N–H and O–H groups in total. The molecule has 2 aromatic rings. The number of tetrazole rings is 1. The molecule has 1 aliphatic carbocycles. The van der Waals surface area contributed by atoms with Gasteiger partial charge >= 0.3 is 0 Å². The maximum Gasteiger partial charge on any atom is 0.224 e. The second kappa shape index (κ2) is 8.03. The lowest BCUT2D eigenvalue weighted by Gasteiger charge is -2.07. The van der Waals surface area contributed by atoms with Crippen LogP contribution in [0.25, 0.3) is 11.4 Å². The van der Waals surface area contributed by atoms with Crippen molar-refractivity contribution in [3.63, 3.8) is 0 Å². The highest BCUT2D eigenvalue weighted by Gasteiger charge is 2.28. The molecule has 0 unspecified atom stereocenters. The quantitative estimate of drug-likeness (QED) is 0.756. The van der Waals surface area contributed by atoms with Gasteiger partial charge in [-0.05, 0) is 55.4 Å². The number of anilines is 1. The van der Waals surface area contributed by atoms with E-state index >= 15 is 0 Å². The molecule has 1 aromatic heterocycles. The van der Waals surface area contributed by atoms with E-state index in [1.807, 2.05) is 36.0 Å². The number of carbonyl (C=O) groups is 1. The fraction of sp³-hybridized carbons (Fsp3) is 0.467. The summed E-state index contributed by atoms with van der Waals surface area (Å²) in [6.07, 6.45) is 3.58. The van der Waals surface area contributed by atoms with Gasteiger partial charge in [0.2, 0.25) is 5.91 Å². The molecule has 0 radical (unpaired) electrons. The minimum atomic E-state index is 0. The zero-order chi connectivity index (χ0) is 15.4. The summed E-state index contributed by atoms with van der Waals surface area (Å²) < 4.78 is 1.87. The molecule has 7 nitrogen and oxygen atoms in total. The van der Waals surface area contributed by atoms with Crippen LogP contribution in [0.5, 0.6) is 0 Å². The molecule has 1 saturated carbocycles. The fourth-order valence-corrected chi connectivity index (χ4v) is 2.33. The van der Waals surface area contributed by atoms with Crippen molar-refractivity contribution in [2.24, 2.45) is 0 Å². The summed E-state index contributed by atoms with van der Waals surface area (Å²) in [6, 6.07) is 8.08. The summed E-state index contributed by atoms with van der Waals surface area (Å²) in [6.45, 7) is 0.837. The molecule has 1 heterocycles. The average Bonchev–Trinajstić information content (AvgIpc) is 3.25. The van der Waals surface area contributed by atoms with Gasteiger partial charge in [-0.2, -0.15) is 0 Å². The van der Waals surface area contributed by atoms with E-state index in [4.69, 9.17) is 0 Å². The zero-order valence-electron chi connectivity index (χ0n) is 13.0. The molecule has 0 atom stereocenters. The van der Waals surface area contributed by atoms with E-state index in [0.29, 0.717) is 12.5 Å². The monoisotopic (exact) mass is 336 g/mol. The van der Waals surface area contributed by atoms with Crippen molar-refractivity contribution in [2.45, 2.75) is 31.7 Å². The van der Waals surface area contributed by atoms with Crippen LogP contribution in [0.4, 0.5) is 5.69 Å². The van der Waals surface area contributed by atoms with E-state index in [9.17, 15) is 4.79 Å². The smallest absolute Gasteiger partial charge is 0.224 e. The van der Waals surface area contributed by atoms with Crippen LogP contribution in [0.3, 0.4) is 0 Å². The number of benzene rings is 1. The van der Waals surface area contributed by atoms with Crippen LogP contribution >= 0.6 is 12.4 Å². The Labute approximate surface area is 141 Å². The topological polar surface area (TPSA) is 84.7 Å². The second-order valence-electron chi connectivity index (χ2n) is 5.51. The van der Waals surface area contributed by atoms with Crippen LogP contribution in [0.2, 0.25) is 0 Å². The van der Waals surface area contributed by atoms with Gasteiger partial charge < -0.3 is 10.6 Å². The second-order valence-corrected chi connectivity index (χ2v) is 5.51. The van der Waals surface area contributed by atoms with E-state index in [0.717, 1.165) is 42.9 Å². The third-order valence-electron chi connectivity index (χ3n) is 3.62. The predicted molar refractivity (Wildman–Crippen MR) is 90.6 cm³/mol. The summed E-state index contributed by atoms with van der Waals surface area (Å²) in [7, 11) is 1.88. The molecule has 3 rings (SSSR count). The van der Waals surface area contributed by atoms with Gasteiger partial charge in [0.25, 0.3) is 0 Å². The fourth-order valence-electron chi connectivity index (χ4n) is 2.33. The van der Waals surface area contributed by atoms with Crippen LogP contribution in [0.1, 0.15) is 31.7 Å². The number of hydrogen-bond donors (Lipinski definition) is 2. The number of amides is 1. The molecule has 8 heteroatoms. The number of aromatic nitrogens is 4. The number of nitrogens with zero attached hydrogens (tertiary/aromatic N) is 4. The molecule has 23 heavy (non-hydrogen) atoms. The summed E-state index contributed by atoms with van der Waals surface area (Å²) in [5.74, 6) is 0.781. The molecule has 1 amide bonds. The van der Waals surface area contributed by atoms with Gasteiger partial charge in [0, 0.05) is 17.7 Å². The van der Waals surface area contributed by atoms with Crippen molar-refractivity contribution in [3.8, 4) is 11.4 Å². The first-order chi connectivity index (χ1) is 10.8. The summed E-state index contributed by atoms with van der Waals surface area (Å²) in [5, 5.41) is 17.9. The summed E-state index contributed by atoms with van der Waals surface area (Å²) in [5.41, 5.74) is 1.70. The standard InChI is InChI=1S/C15H20N6O.ClH/c1-16-9-3-6-14(22)17-12-5-2-4-11(10-12)15-18-19-20-21(15)13-7-8-13;/h2,4-5,10,13,16H,3,6-9H2,1H3,(H,17,22);1H. The molecule has 0 saturated heterocycles. The van der Waals surface area contributed by atoms with Crippen LogP contribution in [-0.4, -0.2) is 39.7 Å². The van der Waals surface area contributed by atoms with Gasteiger partial charge in [-0.1, -0.05) is 12.1 Å². The number of halogens is 1. The average molecular weight is 337 g/mol. The van der Waals surface area contributed by atoms with Crippen LogP contribution < -0.4 is 10.6 Å². The van der Waals surface area contributed by atoms with E-state index in [1.54, 1.807) is 0 Å². The Hall–Kier alpha value is -1.99. The molecule has 1 fully saturated rings. The third-order valence-corrected chi connectivity index (χ3v) is 3.62. The number of nitrogens with one attached hydrogen (secondary N) is 2. The van der Waals surface area contributed by atoms with Crippen molar-refractivity contribution < 1.29 is 4.79 Å². The molecule has 1 aliphatic rings. The Morgan fingerprint density at radius 3 is 2.96 bits per heavy atom. The predicted octanol–water partition coefficient (Wildman–Crippen LogP) is 2.03. The lowest BCUT2D eigenvalue weighted by Crippen LogP contribution is -2.15. The number of carbonyl (C=O) groups excluding carboxylic acids is 1. The lowest BCUT2D eigenvalue weighted by atomic mass is 10.2. The zero-order valence-corrected chi connectivity index (χ0v) is 13.8. The Balaban J connectivity index is 0.00000192. The maximum atomic E-state index is 11.9. The van der Waals surface area contributed by atoms with E-state index < -0.39 is 0 Å². The summed E-state index contributed by atoms with van der Waals surface area (Å²) in [4.78, 5) is 11.9. The first-order valence-electron chi connectivity index (χ1n) is 7.60. The van der Waals surface area contributed by atoms with Crippen LogP contribution in [-0.2, 0) is 4.79 Å². The normalized spacial score (nSPS) is 13.4. The Morgan fingerprint density at radius 1 is 1.39 bits per heavy atom. The van der Waals surface area contributed by atoms with Crippen molar-refractivity contribution in [1.82, 2.24) is 25.5 Å². The molecule has 0 aliphatic heterocycles.